The van der Waals surface area contributed by atoms with Gasteiger partial charge in [-0.2, -0.15) is 9.40 Å². The van der Waals surface area contributed by atoms with Crippen molar-refractivity contribution in [2.75, 3.05) is 37.4 Å². The van der Waals surface area contributed by atoms with Crippen LogP contribution in [0.1, 0.15) is 40.1 Å². The number of likely N-dealkylation sites (N-methyl/N-ethyl adjacent to an activating group) is 1. The van der Waals surface area contributed by atoms with Gasteiger partial charge < -0.3 is 15.1 Å². The fourth-order valence-corrected chi connectivity index (χ4v) is 7.07. The van der Waals surface area contributed by atoms with Crippen molar-refractivity contribution in [3.63, 3.8) is 0 Å². The van der Waals surface area contributed by atoms with E-state index in [1.54, 1.807) is 24.8 Å². The van der Waals surface area contributed by atoms with E-state index < -0.39 is 15.9 Å². The quantitative estimate of drug-likeness (QED) is 0.527. The Balaban J connectivity index is 1.33. The lowest BCUT2D eigenvalue weighted by atomic mass is 9.98. The summed E-state index contributed by atoms with van der Waals surface area (Å²) in [6.45, 7) is 5.68. The first-order valence-corrected chi connectivity index (χ1v) is 14.0. The number of thiophene rings is 1. The number of rotatable bonds is 6. The van der Waals surface area contributed by atoms with Gasteiger partial charge in [-0.25, -0.2) is 13.1 Å². The number of fused-ring (bicyclic) bond motifs is 2. The highest BCUT2D eigenvalue weighted by Gasteiger charge is 2.28. The molecule has 0 bridgehead atoms. The van der Waals surface area contributed by atoms with E-state index in [9.17, 15) is 18.0 Å². The number of carbonyl (C=O) groups excluding carboxylic acids is 2. The Labute approximate surface area is 214 Å². The lowest BCUT2D eigenvalue weighted by Gasteiger charge is -2.26. The lowest BCUT2D eigenvalue weighted by Crippen LogP contribution is -2.34. The largest absolute Gasteiger partial charge is 0.341 e. The third kappa shape index (κ3) is 4.18. The van der Waals surface area contributed by atoms with E-state index >= 15 is 0 Å². The Hall–Kier alpha value is -3.22. The molecule has 0 unspecified atom stereocenters. The van der Waals surface area contributed by atoms with Gasteiger partial charge in [-0.3, -0.25) is 9.59 Å². The minimum atomic E-state index is -3.65. The van der Waals surface area contributed by atoms with E-state index in [4.69, 9.17) is 0 Å². The second-order valence-electron chi connectivity index (χ2n) is 9.30. The van der Waals surface area contributed by atoms with Gasteiger partial charge in [-0.05, 0) is 50.1 Å². The average Bonchev–Trinajstić information content (AvgIpc) is 3.57. The number of hydrogen-bond donors (Lipinski definition) is 1. The van der Waals surface area contributed by atoms with Crippen LogP contribution in [0.25, 0.3) is 0 Å². The van der Waals surface area contributed by atoms with Crippen LogP contribution in [0.15, 0.2) is 39.9 Å². The molecule has 2 aliphatic rings. The monoisotopic (exact) mass is 528 g/mol. The molecule has 10 nitrogen and oxygen atoms in total. The van der Waals surface area contributed by atoms with Crippen LogP contribution in [0.3, 0.4) is 0 Å². The molecular weight excluding hydrogens is 500 g/mol. The normalized spacial score (nSPS) is 15.6. The summed E-state index contributed by atoms with van der Waals surface area (Å²) in [5, 5.41) is 8.84. The van der Waals surface area contributed by atoms with E-state index in [1.807, 2.05) is 23.9 Å². The van der Waals surface area contributed by atoms with Gasteiger partial charge in [0.05, 0.1) is 12.1 Å². The van der Waals surface area contributed by atoms with E-state index in [1.165, 1.54) is 22.8 Å². The van der Waals surface area contributed by atoms with Crippen LogP contribution in [0.4, 0.5) is 17.3 Å². The molecule has 0 radical (unpaired) electrons. The van der Waals surface area contributed by atoms with Crippen molar-refractivity contribution < 1.29 is 18.0 Å². The standard InChI is InChI=1S/C24H28N6O4S2/c1-15(2)28(4)36(33,34)22-12-17(14-35-22)23(31)25-20-13-21-29(9-10-30(21)26-20)18-5-6-19-16(11-18)7-8-27(3)24(19)32/h5-6,11-15H,7-10H2,1-4H3,(H,25,26,31). The molecule has 4 heterocycles. The highest BCUT2D eigenvalue weighted by molar-refractivity contribution is 7.91. The summed E-state index contributed by atoms with van der Waals surface area (Å²) in [4.78, 5) is 29.1. The van der Waals surface area contributed by atoms with E-state index in [0.717, 1.165) is 46.9 Å². The third-order valence-electron chi connectivity index (χ3n) is 6.70. The molecule has 12 heteroatoms. The number of anilines is 3. The number of nitrogens with zero attached hydrogens (tertiary/aromatic N) is 5. The molecule has 5 rings (SSSR count). The Morgan fingerprint density at radius 2 is 1.94 bits per heavy atom. The van der Waals surface area contributed by atoms with Crippen molar-refractivity contribution in [3.8, 4) is 0 Å². The number of hydrogen-bond acceptors (Lipinski definition) is 7. The summed E-state index contributed by atoms with van der Waals surface area (Å²) in [6, 6.07) is 8.89. The van der Waals surface area contributed by atoms with Crippen LogP contribution in [-0.4, -0.2) is 72.4 Å². The summed E-state index contributed by atoms with van der Waals surface area (Å²) in [5.41, 5.74) is 3.02. The van der Waals surface area contributed by atoms with Crippen LogP contribution >= 0.6 is 11.3 Å². The van der Waals surface area contributed by atoms with Gasteiger partial charge in [-0.1, -0.05) is 0 Å². The molecule has 1 N–H and O–H groups in total. The smallest absolute Gasteiger partial charge is 0.257 e. The van der Waals surface area contributed by atoms with Crippen LogP contribution in [0.5, 0.6) is 0 Å². The van der Waals surface area contributed by atoms with Gasteiger partial charge in [0.15, 0.2) is 5.82 Å². The topological polar surface area (TPSA) is 108 Å². The Morgan fingerprint density at radius 3 is 2.69 bits per heavy atom. The molecule has 190 valence electrons. The van der Waals surface area contributed by atoms with Gasteiger partial charge in [0.25, 0.3) is 21.8 Å². The zero-order valence-electron chi connectivity index (χ0n) is 20.6. The first kappa shape index (κ1) is 24.5. The number of carbonyl (C=O) groups is 2. The molecule has 0 saturated heterocycles. The highest BCUT2D eigenvalue weighted by atomic mass is 32.2. The summed E-state index contributed by atoms with van der Waals surface area (Å²) >= 11 is 1.02. The SMILES string of the molecule is CC(C)N(C)S(=O)(=O)c1cc(C(=O)Nc2cc3n(n2)CCN3c2ccc3c(c2)CCN(C)C3=O)cs1. The molecule has 2 aromatic heterocycles. The number of amides is 2. The van der Waals surface area contributed by atoms with Crippen molar-refractivity contribution >= 4 is 50.5 Å². The summed E-state index contributed by atoms with van der Waals surface area (Å²) < 4.78 is 28.7. The van der Waals surface area contributed by atoms with Crippen LogP contribution in [0.2, 0.25) is 0 Å². The first-order chi connectivity index (χ1) is 17.1. The first-order valence-electron chi connectivity index (χ1n) is 11.7. The van der Waals surface area contributed by atoms with E-state index in [0.29, 0.717) is 18.9 Å². The second-order valence-corrected chi connectivity index (χ2v) is 12.4. The Kier molecular flexibility index (Phi) is 6.13. The van der Waals surface area contributed by atoms with Crippen molar-refractivity contribution in [3.05, 3.63) is 52.4 Å². The van der Waals surface area contributed by atoms with Gasteiger partial charge in [-0.15, -0.1) is 11.3 Å². The molecule has 3 aromatic rings. The number of benzene rings is 1. The maximum Gasteiger partial charge on any atom is 0.257 e. The lowest BCUT2D eigenvalue weighted by molar-refractivity contribution is 0.0780. The maximum absolute atomic E-state index is 12.8. The molecule has 0 aliphatic carbocycles. The zero-order valence-corrected chi connectivity index (χ0v) is 22.2. The number of aromatic nitrogens is 2. The van der Waals surface area contributed by atoms with E-state index in [-0.39, 0.29) is 21.7 Å². The maximum atomic E-state index is 12.8. The predicted octanol–water partition coefficient (Wildman–Crippen LogP) is 3.01. The molecule has 0 saturated carbocycles. The molecule has 0 spiro atoms. The zero-order chi connectivity index (χ0) is 25.8. The number of nitrogens with one attached hydrogen (secondary N) is 1. The summed E-state index contributed by atoms with van der Waals surface area (Å²) in [7, 11) is -0.313. The molecule has 2 aliphatic heterocycles. The highest BCUT2D eigenvalue weighted by Crippen LogP contribution is 2.34. The van der Waals surface area contributed by atoms with Crippen molar-refractivity contribution in [1.29, 1.82) is 0 Å². The van der Waals surface area contributed by atoms with E-state index in [2.05, 4.69) is 21.4 Å². The minimum absolute atomic E-state index is 0.0412. The summed E-state index contributed by atoms with van der Waals surface area (Å²) in [6.07, 6.45) is 0.811. The van der Waals surface area contributed by atoms with Gasteiger partial charge >= 0.3 is 0 Å². The van der Waals surface area contributed by atoms with Crippen molar-refractivity contribution in [2.24, 2.45) is 0 Å². The molecule has 0 atom stereocenters. The van der Waals surface area contributed by atoms with Gasteiger partial charge in [0.1, 0.15) is 10.0 Å². The Bertz CT molecular complexity index is 1460. The summed E-state index contributed by atoms with van der Waals surface area (Å²) in [5.74, 6) is 0.861. The minimum Gasteiger partial charge on any atom is -0.341 e. The fourth-order valence-electron chi connectivity index (χ4n) is 4.36. The predicted molar refractivity (Wildman–Crippen MR) is 139 cm³/mol. The van der Waals surface area contributed by atoms with Crippen molar-refractivity contribution in [2.45, 2.75) is 37.1 Å². The second kappa shape index (κ2) is 9.02. The van der Waals surface area contributed by atoms with Gasteiger partial charge in [0.2, 0.25) is 0 Å². The van der Waals surface area contributed by atoms with Crippen molar-refractivity contribution in [1.82, 2.24) is 19.0 Å². The molecule has 2 amide bonds. The van der Waals surface area contributed by atoms with Gasteiger partial charge in [0, 0.05) is 55.9 Å². The third-order valence-corrected chi connectivity index (χ3v) is 10.2. The molecular formula is C24H28N6O4S2. The van der Waals surface area contributed by atoms with Crippen LogP contribution in [-0.2, 0) is 23.0 Å². The molecule has 36 heavy (non-hydrogen) atoms. The van der Waals surface area contributed by atoms with Crippen LogP contribution in [0, 0.1) is 0 Å². The fraction of sp³-hybridized carbons (Fsp3) is 0.375. The number of sulfonamides is 1. The average molecular weight is 529 g/mol. The van der Waals surface area contributed by atoms with Crippen LogP contribution < -0.4 is 10.2 Å². The molecule has 1 aromatic carbocycles. The Morgan fingerprint density at radius 1 is 1.17 bits per heavy atom. The molecule has 0 fully saturated rings.